The molecule has 0 heterocycles. The lowest BCUT2D eigenvalue weighted by molar-refractivity contribution is -0.0774. The third-order valence-electron chi connectivity index (χ3n) is 2.43. The monoisotopic (exact) mass is 240 g/mol. The second-order valence-corrected chi connectivity index (χ2v) is 3.88. The van der Waals surface area contributed by atoms with Gasteiger partial charge in [0.25, 0.3) is 0 Å². The molecule has 0 fully saturated rings. The molecule has 0 radical (unpaired) electrons. The first-order valence-corrected chi connectivity index (χ1v) is 5.78. The predicted octanol–water partition coefficient (Wildman–Crippen LogP) is 1.17. The molecule has 2 N–H and O–H groups in total. The SMILES string of the molecule is OCC[C@H](CO)COCOCc1ccccc1. The molecule has 1 atom stereocenters. The minimum atomic E-state index is -0.0136. The summed E-state index contributed by atoms with van der Waals surface area (Å²) in [6.07, 6.45) is 0.551. The van der Waals surface area contributed by atoms with Crippen LogP contribution in [0.2, 0.25) is 0 Å². The fraction of sp³-hybridized carbons (Fsp3) is 0.538. The first-order valence-electron chi connectivity index (χ1n) is 5.78. The van der Waals surface area contributed by atoms with Crippen molar-refractivity contribution in [3.63, 3.8) is 0 Å². The molecule has 0 aromatic heterocycles. The highest BCUT2D eigenvalue weighted by molar-refractivity contribution is 5.13. The number of benzene rings is 1. The second-order valence-electron chi connectivity index (χ2n) is 3.88. The summed E-state index contributed by atoms with van der Waals surface area (Å²) in [4.78, 5) is 0. The van der Waals surface area contributed by atoms with Crippen LogP contribution in [0, 0.1) is 5.92 Å². The number of hydrogen-bond donors (Lipinski definition) is 2. The van der Waals surface area contributed by atoms with Crippen molar-refractivity contribution in [3.8, 4) is 0 Å². The molecule has 1 aromatic carbocycles. The highest BCUT2D eigenvalue weighted by atomic mass is 16.7. The number of hydrogen-bond acceptors (Lipinski definition) is 4. The van der Waals surface area contributed by atoms with Gasteiger partial charge in [-0.2, -0.15) is 0 Å². The molecule has 0 bridgehead atoms. The average molecular weight is 240 g/mol. The smallest absolute Gasteiger partial charge is 0.147 e. The molecule has 0 aliphatic rings. The van der Waals surface area contributed by atoms with E-state index < -0.39 is 0 Å². The third-order valence-corrected chi connectivity index (χ3v) is 2.43. The van der Waals surface area contributed by atoms with Gasteiger partial charge in [-0.25, -0.2) is 0 Å². The summed E-state index contributed by atoms with van der Waals surface area (Å²) in [5.41, 5.74) is 1.10. The number of rotatable bonds is 9. The molecule has 0 aliphatic carbocycles. The minimum Gasteiger partial charge on any atom is -0.396 e. The van der Waals surface area contributed by atoms with E-state index in [2.05, 4.69) is 0 Å². The molecule has 0 aliphatic heterocycles. The van der Waals surface area contributed by atoms with Gasteiger partial charge in [-0.3, -0.25) is 0 Å². The van der Waals surface area contributed by atoms with Crippen molar-refractivity contribution in [3.05, 3.63) is 35.9 Å². The Hall–Kier alpha value is -0.940. The van der Waals surface area contributed by atoms with Gasteiger partial charge in [0.2, 0.25) is 0 Å². The van der Waals surface area contributed by atoms with E-state index in [1.807, 2.05) is 30.3 Å². The first-order chi connectivity index (χ1) is 8.36. The largest absolute Gasteiger partial charge is 0.396 e. The zero-order chi connectivity index (χ0) is 12.3. The Labute approximate surface area is 102 Å². The summed E-state index contributed by atoms with van der Waals surface area (Å²) in [5, 5.41) is 17.7. The van der Waals surface area contributed by atoms with Crippen molar-refractivity contribution in [2.75, 3.05) is 26.6 Å². The fourth-order valence-electron chi connectivity index (χ4n) is 1.42. The van der Waals surface area contributed by atoms with E-state index in [0.717, 1.165) is 5.56 Å². The van der Waals surface area contributed by atoms with Crippen LogP contribution in [0.3, 0.4) is 0 Å². The lowest BCUT2D eigenvalue weighted by Crippen LogP contribution is -2.16. The van der Waals surface area contributed by atoms with E-state index in [1.54, 1.807) is 0 Å². The molecule has 4 heteroatoms. The molecule has 1 rings (SSSR count). The van der Waals surface area contributed by atoms with Gasteiger partial charge in [0.05, 0.1) is 13.2 Å². The lowest BCUT2D eigenvalue weighted by Gasteiger charge is -2.13. The van der Waals surface area contributed by atoms with Crippen LogP contribution in [0.25, 0.3) is 0 Å². The molecule has 0 saturated carbocycles. The quantitative estimate of drug-likeness (QED) is 0.502. The van der Waals surface area contributed by atoms with Crippen LogP contribution < -0.4 is 0 Å². The zero-order valence-electron chi connectivity index (χ0n) is 9.92. The number of ether oxygens (including phenoxy) is 2. The van der Waals surface area contributed by atoms with Crippen molar-refractivity contribution >= 4 is 0 Å². The first kappa shape index (κ1) is 14.1. The predicted molar refractivity (Wildman–Crippen MR) is 64.3 cm³/mol. The fourth-order valence-corrected chi connectivity index (χ4v) is 1.42. The Morgan fingerprint density at radius 3 is 2.47 bits per heavy atom. The third kappa shape index (κ3) is 6.38. The van der Waals surface area contributed by atoms with Gasteiger partial charge in [0.15, 0.2) is 0 Å². The molecule has 96 valence electrons. The highest BCUT2D eigenvalue weighted by Gasteiger charge is 2.06. The maximum Gasteiger partial charge on any atom is 0.147 e. The molecular weight excluding hydrogens is 220 g/mol. The number of aliphatic hydroxyl groups is 2. The molecule has 0 unspecified atom stereocenters. The van der Waals surface area contributed by atoms with Gasteiger partial charge < -0.3 is 19.7 Å². The summed E-state index contributed by atoms with van der Waals surface area (Å²) >= 11 is 0. The summed E-state index contributed by atoms with van der Waals surface area (Å²) in [7, 11) is 0. The van der Waals surface area contributed by atoms with E-state index in [-0.39, 0.29) is 25.9 Å². The van der Waals surface area contributed by atoms with Crippen molar-refractivity contribution in [2.24, 2.45) is 5.92 Å². The molecule has 0 spiro atoms. The normalized spacial score (nSPS) is 12.6. The van der Waals surface area contributed by atoms with E-state index in [4.69, 9.17) is 19.7 Å². The second kappa shape index (κ2) is 9.13. The molecular formula is C13H20O4. The number of aliphatic hydroxyl groups excluding tert-OH is 2. The van der Waals surface area contributed by atoms with Gasteiger partial charge in [-0.15, -0.1) is 0 Å². The molecule has 0 saturated heterocycles. The summed E-state index contributed by atoms with van der Waals surface area (Å²) in [6, 6.07) is 9.86. The van der Waals surface area contributed by atoms with Crippen molar-refractivity contribution in [1.29, 1.82) is 0 Å². The van der Waals surface area contributed by atoms with Crippen molar-refractivity contribution < 1.29 is 19.7 Å². The highest BCUT2D eigenvalue weighted by Crippen LogP contribution is 2.03. The summed E-state index contributed by atoms with van der Waals surface area (Å²) < 4.78 is 10.6. The standard InChI is InChI=1S/C13H20O4/c14-7-6-13(8-15)10-17-11-16-9-12-4-2-1-3-5-12/h1-5,13-15H,6-11H2/t13-/m1/s1. The van der Waals surface area contributed by atoms with Crippen molar-refractivity contribution in [2.45, 2.75) is 13.0 Å². The maximum atomic E-state index is 8.96. The van der Waals surface area contributed by atoms with Crippen molar-refractivity contribution in [1.82, 2.24) is 0 Å². The van der Waals surface area contributed by atoms with Crippen LogP contribution in [-0.2, 0) is 16.1 Å². The van der Waals surface area contributed by atoms with Gasteiger partial charge in [0.1, 0.15) is 6.79 Å². The Morgan fingerprint density at radius 2 is 1.82 bits per heavy atom. The Kier molecular flexibility index (Phi) is 7.58. The van der Waals surface area contributed by atoms with Gasteiger partial charge in [-0.05, 0) is 12.0 Å². The van der Waals surface area contributed by atoms with Gasteiger partial charge in [-0.1, -0.05) is 30.3 Å². The van der Waals surface area contributed by atoms with Crippen LogP contribution in [-0.4, -0.2) is 36.8 Å². The van der Waals surface area contributed by atoms with Gasteiger partial charge >= 0.3 is 0 Å². The van der Waals surface area contributed by atoms with Crippen LogP contribution in [0.4, 0.5) is 0 Å². The molecule has 4 nitrogen and oxygen atoms in total. The van der Waals surface area contributed by atoms with E-state index in [9.17, 15) is 0 Å². The van der Waals surface area contributed by atoms with Gasteiger partial charge in [0, 0.05) is 19.1 Å². The van der Waals surface area contributed by atoms with Crippen LogP contribution in [0.15, 0.2) is 30.3 Å². The topological polar surface area (TPSA) is 58.9 Å². The Morgan fingerprint density at radius 1 is 1.06 bits per heavy atom. The van der Waals surface area contributed by atoms with E-state index in [1.165, 1.54) is 0 Å². The average Bonchev–Trinajstić information content (AvgIpc) is 2.38. The maximum absolute atomic E-state index is 8.96. The van der Waals surface area contributed by atoms with Crippen LogP contribution >= 0.6 is 0 Å². The van der Waals surface area contributed by atoms with E-state index >= 15 is 0 Å². The Bertz CT molecular complexity index is 276. The molecule has 17 heavy (non-hydrogen) atoms. The lowest BCUT2D eigenvalue weighted by atomic mass is 10.1. The Balaban J connectivity index is 2.04. The summed E-state index contributed by atoms with van der Waals surface area (Å²) in [6.45, 7) is 1.23. The zero-order valence-corrected chi connectivity index (χ0v) is 9.92. The van der Waals surface area contributed by atoms with Crippen LogP contribution in [0.5, 0.6) is 0 Å². The van der Waals surface area contributed by atoms with Crippen LogP contribution in [0.1, 0.15) is 12.0 Å². The molecule has 0 amide bonds. The van der Waals surface area contributed by atoms with E-state index in [0.29, 0.717) is 19.6 Å². The summed E-state index contributed by atoms with van der Waals surface area (Å²) in [5.74, 6) is -0.0136. The minimum absolute atomic E-state index is 0.0136. The molecule has 1 aromatic rings.